The monoisotopic (exact) mass is 384 g/mol. The molecule has 0 radical (unpaired) electrons. The molecule has 0 atom stereocenters. The van der Waals surface area contributed by atoms with E-state index in [0.717, 1.165) is 17.4 Å². The zero-order valence-electron chi connectivity index (χ0n) is 13.3. The number of halogens is 3. The number of amides is 1. The van der Waals surface area contributed by atoms with E-state index >= 15 is 0 Å². The Hall–Kier alpha value is -2.62. The van der Waals surface area contributed by atoms with Gasteiger partial charge in [0.15, 0.2) is 5.13 Å². The largest absolute Gasteiger partial charge is 0.544 e. The lowest BCUT2D eigenvalue weighted by Crippen LogP contribution is -2.49. The minimum Gasteiger partial charge on any atom is -0.544 e. The number of piperazine rings is 1. The molecule has 138 valence electrons. The molecule has 0 N–H and O–H groups in total. The van der Waals surface area contributed by atoms with Crippen LogP contribution < -0.4 is 10.0 Å². The fraction of sp³-hybridized carbons (Fsp3) is 0.312. The minimum atomic E-state index is -4.60. The first-order chi connectivity index (χ1) is 12.3. The Balaban J connectivity index is 1.70. The summed E-state index contributed by atoms with van der Waals surface area (Å²) in [5.74, 6) is -1.99. The Bertz CT molecular complexity index is 829. The summed E-state index contributed by atoms with van der Waals surface area (Å²) >= 11 is 0.960. The maximum atomic E-state index is 13.1. The standard InChI is InChI=1S/C16H14F3N3O3S/c17-16(18,19)11-4-2-1-3-10(11)13(23)21-5-7-22(8-6-21)15-20-9-12(26-15)14(24)25/h1-4,9H,5-8H2,(H,24,25)/p-1. The van der Waals surface area contributed by atoms with Crippen molar-refractivity contribution in [3.05, 3.63) is 46.5 Å². The predicted molar refractivity (Wildman–Crippen MR) is 86.0 cm³/mol. The highest BCUT2D eigenvalue weighted by molar-refractivity contribution is 7.17. The Morgan fingerprint density at radius 1 is 1.12 bits per heavy atom. The Morgan fingerprint density at radius 3 is 2.35 bits per heavy atom. The van der Waals surface area contributed by atoms with Crippen molar-refractivity contribution in [2.75, 3.05) is 31.1 Å². The Labute approximate surface area is 150 Å². The molecule has 3 rings (SSSR count). The summed E-state index contributed by atoms with van der Waals surface area (Å²) in [7, 11) is 0. The normalized spacial score (nSPS) is 15.2. The van der Waals surface area contributed by atoms with Gasteiger partial charge in [0.25, 0.3) is 5.91 Å². The molecule has 1 saturated heterocycles. The van der Waals surface area contributed by atoms with E-state index in [4.69, 9.17) is 0 Å². The van der Waals surface area contributed by atoms with E-state index in [2.05, 4.69) is 4.98 Å². The predicted octanol–water partition coefficient (Wildman–Crippen LogP) is 1.49. The van der Waals surface area contributed by atoms with Crippen LogP contribution in [0.2, 0.25) is 0 Å². The van der Waals surface area contributed by atoms with Crippen LogP contribution in [0.1, 0.15) is 25.6 Å². The second-order valence-corrected chi connectivity index (χ2v) is 6.63. The summed E-state index contributed by atoms with van der Waals surface area (Å²) < 4.78 is 39.3. The number of hydrogen-bond donors (Lipinski definition) is 0. The van der Waals surface area contributed by atoms with E-state index in [9.17, 15) is 27.9 Å². The van der Waals surface area contributed by atoms with Gasteiger partial charge >= 0.3 is 6.18 Å². The summed E-state index contributed by atoms with van der Waals surface area (Å²) in [5, 5.41) is 11.3. The zero-order valence-corrected chi connectivity index (χ0v) is 14.1. The van der Waals surface area contributed by atoms with Gasteiger partial charge in [-0.2, -0.15) is 13.2 Å². The summed E-state index contributed by atoms with van der Waals surface area (Å²) in [4.78, 5) is 30.5. The maximum Gasteiger partial charge on any atom is 0.417 e. The lowest BCUT2D eigenvalue weighted by Gasteiger charge is -2.35. The lowest BCUT2D eigenvalue weighted by atomic mass is 10.1. The van der Waals surface area contributed by atoms with Crippen LogP contribution in [0.4, 0.5) is 18.3 Å². The average molecular weight is 384 g/mol. The topological polar surface area (TPSA) is 76.6 Å². The van der Waals surface area contributed by atoms with Crippen molar-refractivity contribution in [2.45, 2.75) is 6.18 Å². The minimum absolute atomic E-state index is 0.00221. The highest BCUT2D eigenvalue weighted by Gasteiger charge is 2.36. The molecular weight excluding hydrogens is 371 g/mol. The van der Waals surface area contributed by atoms with Crippen molar-refractivity contribution in [1.82, 2.24) is 9.88 Å². The van der Waals surface area contributed by atoms with E-state index in [0.29, 0.717) is 18.2 Å². The highest BCUT2D eigenvalue weighted by atomic mass is 32.1. The number of nitrogens with zero attached hydrogens (tertiary/aromatic N) is 3. The summed E-state index contributed by atoms with van der Waals surface area (Å²) in [6.07, 6.45) is -3.40. The Kier molecular flexibility index (Phi) is 4.86. The molecule has 0 bridgehead atoms. The first kappa shape index (κ1) is 18.2. The number of alkyl halides is 3. The van der Waals surface area contributed by atoms with Crippen LogP contribution in [0.5, 0.6) is 0 Å². The third-order valence-electron chi connectivity index (χ3n) is 3.99. The quantitative estimate of drug-likeness (QED) is 0.801. The number of aromatic carboxylic acids is 1. The van der Waals surface area contributed by atoms with Crippen molar-refractivity contribution in [1.29, 1.82) is 0 Å². The number of carbonyl (C=O) groups is 2. The number of hydrogen-bond acceptors (Lipinski definition) is 6. The molecular formula is C16H13F3N3O3S-. The fourth-order valence-corrected chi connectivity index (χ4v) is 3.50. The van der Waals surface area contributed by atoms with Gasteiger partial charge in [-0.1, -0.05) is 23.5 Å². The van der Waals surface area contributed by atoms with Gasteiger partial charge < -0.3 is 19.7 Å². The van der Waals surface area contributed by atoms with Crippen molar-refractivity contribution in [2.24, 2.45) is 0 Å². The molecule has 2 aromatic rings. The van der Waals surface area contributed by atoms with Crippen molar-refractivity contribution >= 4 is 28.3 Å². The highest BCUT2D eigenvalue weighted by Crippen LogP contribution is 2.32. The number of anilines is 1. The third-order valence-corrected chi connectivity index (χ3v) is 5.03. The number of carboxylic acid groups (broad SMARTS) is 1. The number of carboxylic acids is 1. The van der Waals surface area contributed by atoms with Crippen LogP contribution in [0.25, 0.3) is 0 Å². The second kappa shape index (κ2) is 6.94. The van der Waals surface area contributed by atoms with Crippen molar-refractivity contribution in [3.8, 4) is 0 Å². The van der Waals surface area contributed by atoms with Crippen molar-refractivity contribution in [3.63, 3.8) is 0 Å². The number of thiazole rings is 1. The maximum absolute atomic E-state index is 13.1. The molecule has 26 heavy (non-hydrogen) atoms. The first-order valence-corrected chi connectivity index (χ1v) is 8.46. The van der Waals surface area contributed by atoms with Gasteiger partial charge in [0, 0.05) is 32.4 Å². The summed E-state index contributed by atoms with van der Waals surface area (Å²) in [5.41, 5.74) is -1.33. The SMILES string of the molecule is O=C([O-])c1cnc(N2CCN(C(=O)c3ccccc3C(F)(F)F)CC2)s1. The number of rotatable bonds is 3. The molecule has 1 aliphatic heterocycles. The van der Waals surface area contributed by atoms with E-state index in [1.807, 2.05) is 0 Å². The molecule has 6 nitrogen and oxygen atoms in total. The van der Waals surface area contributed by atoms with E-state index in [1.165, 1.54) is 29.3 Å². The van der Waals surface area contributed by atoms with E-state index in [1.54, 1.807) is 4.90 Å². The average Bonchev–Trinajstić information content (AvgIpc) is 3.11. The molecule has 1 amide bonds. The summed E-state index contributed by atoms with van der Waals surface area (Å²) in [6, 6.07) is 4.70. The van der Waals surface area contributed by atoms with Gasteiger partial charge in [-0.3, -0.25) is 4.79 Å². The van der Waals surface area contributed by atoms with Gasteiger partial charge in [0.1, 0.15) is 0 Å². The van der Waals surface area contributed by atoms with Crippen LogP contribution in [0, 0.1) is 0 Å². The van der Waals surface area contributed by atoms with Crippen LogP contribution in [-0.4, -0.2) is 47.9 Å². The van der Waals surface area contributed by atoms with Crippen LogP contribution in [0.3, 0.4) is 0 Å². The third kappa shape index (κ3) is 3.64. The van der Waals surface area contributed by atoms with Gasteiger partial charge in [-0.05, 0) is 12.1 Å². The van der Waals surface area contributed by atoms with Gasteiger partial charge in [-0.15, -0.1) is 0 Å². The molecule has 2 heterocycles. The second-order valence-electron chi connectivity index (χ2n) is 5.62. The van der Waals surface area contributed by atoms with Gasteiger partial charge in [-0.25, -0.2) is 4.98 Å². The molecule has 0 spiro atoms. The molecule has 1 fully saturated rings. The molecule has 1 aromatic heterocycles. The van der Waals surface area contributed by atoms with Crippen LogP contribution in [-0.2, 0) is 6.18 Å². The molecule has 0 unspecified atom stereocenters. The molecule has 1 aliphatic rings. The number of carbonyl (C=O) groups excluding carboxylic acids is 2. The van der Waals surface area contributed by atoms with E-state index in [-0.39, 0.29) is 23.5 Å². The van der Waals surface area contributed by atoms with Crippen LogP contribution in [0.15, 0.2) is 30.5 Å². The molecule has 1 aromatic carbocycles. The van der Waals surface area contributed by atoms with Crippen molar-refractivity contribution < 1.29 is 27.9 Å². The fourth-order valence-electron chi connectivity index (χ4n) is 2.69. The smallest absolute Gasteiger partial charge is 0.417 e. The van der Waals surface area contributed by atoms with Gasteiger partial charge in [0.2, 0.25) is 0 Å². The number of aromatic nitrogens is 1. The molecule has 0 saturated carbocycles. The van der Waals surface area contributed by atoms with Crippen LogP contribution >= 0.6 is 11.3 Å². The lowest BCUT2D eigenvalue weighted by molar-refractivity contribution is -0.254. The van der Waals surface area contributed by atoms with E-state index < -0.39 is 23.6 Å². The molecule has 10 heteroatoms. The van der Waals surface area contributed by atoms with Gasteiger partial charge in [0.05, 0.1) is 22.0 Å². The first-order valence-electron chi connectivity index (χ1n) is 7.65. The summed E-state index contributed by atoms with van der Waals surface area (Å²) in [6.45, 7) is 1.12. The molecule has 0 aliphatic carbocycles. The zero-order chi connectivity index (χ0) is 18.9. The number of benzene rings is 1. The Morgan fingerprint density at radius 2 is 1.77 bits per heavy atom.